The van der Waals surface area contributed by atoms with E-state index in [9.17, 15) is 4.79 Å². The molecule has 0 unspecified atom stereocenters. The van der Waals surface area contributed by atoms with Gasteiger partial charge in [0, 0.05) is 24.8 Å². The third kappa shape index (κ3) is 4.08. The van der Waals surface area contributed by atoms with Crippen LogP contribution in [0.25, 0.3) is 0 Å². The first-order valence-corrected chi connectivity index (χ1v) is 5.03. The lowest BCUT2D eigenvalue weighted by Gasteiger charge is -2.04. The summed E-state index contributed by atoms with van der Waals surface area (Å²) in [5, 5.41) is 0. The van der Waals surface area contributed by atoms with E-state index < -0.39 is 0 Å². The van der Waals surface area contributed by atoms with E-state index in [1.807, 2.05) is 6.92 Å². The molecule has 15 heavy (non-hydrogen) atoms. The Balaban J connectivity index is 2.41. The lowest BCUT2D eigenvalue weighted by Crippen LogP contribution is -2.13. The van der Waals surface area contributed by atoms with Crippen molar-refractivity contribution in [3.05, 3.63) is 23.9 Å². The first-order chi connectivity index (χ1) is 7.24. The molecule has 0 bridgehead atoms. The van der Waals surface area contributed by atoms with E-state index in [1.165, 1.54) is 0 Å². The number of aromatic nitrogens is 1. The van der Waals surface area contributed by atoms with Gasteiger partial charge in [0.2, 0.25) is 0 Å². The second-order valence-electron chi connectivity index (χ2n) is 3.32. The number of anilines is 1. The second kappa shape index (κ2) is 6.14. The minimum atomic E-state index is 0.0307. The molecule has 82 valence electrons. The maximum absolute atomic E-state index is 11.4. The normalized spacial score (nSPS) is 10.2. The minimum absolute atomic E-state index is 0.0307. The molecule has 0 atom stereocenters. The van der Waals surface area contributed by atoms with Gasteiger partial charge in [-0.2, -0.15) is 0 Å². The van der Waals surface area contributed by atoms with Crippen molar-refractivity contribution in [2.75, 3.05) is 18.9 Å². The van der Waals surface area contributed by atoms with Crippen LogP contribution in [-0.2, 0) is 16.0 Å². The third-order valence-electron chi connectivity index (χ3n) is 1.93. The van der Waals surface area contributed by atoms with Crippen LogP contribution in [0.5, 0.6) is 0 Å². The van der Waals surface area contributed by atoms with Crippen LogP contribution in [0.15, 0.2) is 18.3 Å². The van der Waals surface area contributed by atoms with Gasteiger partial charge < -0.3 is 10.5 Å². The summed E-state index contributed by atoms with van der Waals surface area (Å²) in [5.74, 6) is 0.449. The number of rotatable bonds is 6. The zero-order chi connectivity index (χ0) is 11.1. The van der Waals surface area contributed by atoms with E-state index in [-0.39, 0.29) is 12.4 Å². The highest BCUT2D eigenvalue weighted by molar-refractivity contribution is 5.83. The Morgan fingerprint density at radius 1 is 1.60 bits per heavy atom. The fourth-order valence-electron chi connectivity index (χ4n) is 1.19. The highest BCUT2D eigenvalue weighted by Crippen LogP contribution is 2.07. The lowest BCUT2D eigenvalue weighted by atomic mass is 10.1. The first-order valence-electron chi connectivity index (χ1n) is 5.03. The van der Waals surface area contributed by atoms with Gasteiger partial charge in [-0.05, 0) is 12.5 Å². The molecule has 0 saturated carbocycles. The average molecular weight is 208 g/mol. The molecule has 0 amide bonds. The predicted molar refractivity (Wildman–Crippen MR) is 58.5 cm³/mol. The van der Waals surface area contributed by atoms with Crippen molar-refractivity contribution in [2.45, 2.75) is 19.8 Å². The average Bonchev–Trinajstić information content (AvgIpc) is 2.22. The molecular formula is C11H16N2O2. The Morgan fingerprint density at radius 3 is 3.07 bits per heavy atom. The van der Waals surface area contributed by atoms with Crippen molar-refractivity contribution < 1.29 is 9.53 Å². The standard InChI is InChI=1S/C11H16N2O2/c1-2-6-15-8-10(14)7-9-4-3-5-13-11(9)12/h3-5H,2,6-8H2,1H3,(H2,12,13). The summed E-state index contributed by atoms with van der Waals surface area (Å²) < 4.78 is 5.15. The highest BCUT2D eigenvalue weighted by Gasteiger charge is 2.06. The Kier molecular flexibility index (Phi) is 4.77. The molecule has 4 heteroatoms. The van der Waals surface area contributed by atoms with Gasteiger partial charge in [0.15, 0.2) is 5.78 Å². The number of Topliss-reactive ketones (excluding diaryl/α,β-unsaturated/α-hetero) is 1. The summed E-state index contributed by atoms with van der Waals surface area (Å²) in [6.07, 6.45) is 2.82. The van der Waals surface area contributed by atoms with Crippen molar-refractivity contribution in [3.63, 3.8) is 0 Å². The lowest BCUT2D eigenvalue weighted by molar-refractivity contribution is -0.122. The molecule has 1 aromatic heterocycles. The molecule has 1 aromatic rings. The van der Waals surface area contributed by atoms with E-state index in [1.54, 1.807) is 18.3 Å². The van der Waals surface area contributed by atoms with Crippen LogP contribution < -0.4 is 5.73 Å². The number of ether oxygens (including phenoxy) is 1. The van der Waals surface area contributed by atoms with Crippen molar-refractivity contribution in [3.8, 4) is 0 Å². The molecule has 0 saturated heterocycles. The van der Waals surface area contributed by atoms with Crippen LogP contribution in [0, 0.1) is 0 Å². The molecule has 1 rings (SSSR count). The second-order valence-corrected chi connectivity index (χ2v) is 3.32. The van der Waals surface area contributed by atoms with Gasteiger partial charge in [-0.25, -0.2) is 4.98 Å². The molecule has 0 aliphatic rings. The number of carbonyl (C=O) groups excluding carboxylic acids is 1. The van der Waals surface area contributed by atoms with Gasteiger partial charge in [0.25, 0.3) is 0 Å². The molecule has 1 heterocycles. The van der Waals surface area contributed by atoms with Gasteiger partial charge in [-0.15, -0.1) is 0 Å². The zero-order valence-corrected chi connectivity index (χ0v) is 8.90. The van der Waals surface area contributed by atoms with Crippen molar-refractivity contribution in [1.82, 2.24) is 4.98 Å². The van der Waals surface area contributed by atoms with E-state index in [0.29, 0.717) is 18.8 Å². The topological polar surface area (TPSA) is 65.2 Å². The minimum Gasteiger partial charge on any atom is -0.383 e. The Bertz CT molecular complexity index is 326. The smallest absolute Gasteiger partial charge is 0.162 e. The van der Waals surface area contributed by atoms with Crippen LogP contribution in [0.1, 0.15) is 18.9 Å². The summed E-state index contributed by atoms with van der Waals surface area (Å²) in [7, 11) is 0. The van der Waals surface area contributed by atoms with Gasteiger partial charge >= 0.3 is 0 Å². The Labute approximate surface area is 89.5 Å². The predicted octanol–water partition coefficient (Wildman–Crippen LogP) is 1.20. The molecule has 2 N–H and O–H groups in total. The first kappa shape index (κ1) is 11.7. The number of nitrogens with two attached hydrogens (primary N) is 1. The quantitative estimate of drug-likeness (QED) is 0.713. The number of ketones is 1. The number of hydrogen-bond acceptors (Lipinski definition) is 4. The van der Waals surface area contributed by atoms with E-state index in [4.69, 9.17) is 10.5 Å². The molecule has 0 aliphatic heterocycles. The van der Waals surface area contributed by atoms with E-state index >= 15 is 0 Å². The largest absolute Gasteiger partial charge is 0.383 e. The van der Waals surface area contributed by atoms with Crippen molar-refractivity contribution in [2.24, 2.45) is 0 Å². The van der Waals surface area contributed by atoms with Crippen LogP contribution in [0.4, 0.5) is 5.82 Å². The fourth-order valence-corrected chi connectivity index (χ4v) is 1.19. The summed E-state index contributed by atoms with van der Waals surface area (Å²) in [4.78, 5) is 15.3. The Hall–Kier alpha value is -1.42. The van der Waals surface area contributed by atoms with Gasteiger partial charge in [-0.3, -0.25) is 4.79 Å². The molecule has 0 fully saturated rings. The number of nitrogen functional groups attached to an aromatic ring is 1. The fraction of sp³-hybridized carbons (Fsp3) is 0.455. The van der Waals surface area contributed by atoms with Crippen LogP contribution in [0.2, 0.25) is 0 Å². The van der Waals surface area contributed by atoms with Crippen molar-refractivity contribution in [1.29, 1.82) is 0 Å². The van der Waals surface area contributed by atoms with E-state index in [0.717, 1.165) is 12.0 Å². The summed E-state index contributed by atoms with van der Waals surface area (Å²) in [6, 6.07) is 3.58. The van der Waals surface area contributed by atoms with Crippen LogP contribution in [0.3, 0.4) is 0 Å². The van der Waals surface area contributed by atoms with Crippen molar-refractivity contribution >= 4 is 11.6 Å². The SMILES string of the molecule is CCCOCC(=O)Cc1cccnc1N. The van der Waals surface area contributed by atoms with E-state index in [2.05, 4.69) is 4.98 Å². The summed E-state index contributed by atoms with van der Waals surface area (Å²) in [5.41, 5.74) is 6.39. The van der Waals surface area contributed by atoms with Gasteiger partial charge in [-0.1, -0.05) is 13.0 Å². The number of hydrogen-bond donors (Lipinski definition) is 1. The maximum Gasteiger partial charge on any atom is 0.162 e. The highest BCUT2D eigenvalue weighted by atomic mass is 16.5. The number of nitrogens with zero attached hydrogens (tertiary/aromatic N) is 1. The number of carbonyl (C=O) groups is 1. The van der Waals surface area contributed by atoms with Crippen LogP contribution >= 0.6 is 0 Å². The molecule has 4 nitrogen and oxygen atoms in total. The zero-order valence-electron chi connectivity index (χ0n) is 8.90. The summed E-state index contributed by atoms with van der Waals surface area (Å²) in [6.45, 7) is 2.78. The molecular weight excluding hydrogens is 192 g/mol. The molecule has 0 radical (unpaired) electrons. The number of pyridine rings is 1. The molecule has 0 aliphatic carbocycles. The summed E-state index contributed by atoms with van der Waals surface area (Å²) >= 11 is 0. The third-order valence-corrected chi connectivity index (χ3v) is 1.93. The maximum atomic E-state index is 11.4. The van der Waals surface area contributed by atoms with Gasteiger partial charge in [0.1, 0.15) is 12.4 Å². The molecule has 0 aromatic carbocycles. The van der Waals surface area contributed by atoms with Crippen LogP contribution in [-0.4, -0.2) is 24.0 Å². The molecule has 0 spiro atoms. The monoisotopic (exact) mass is 208 g/mol. The Morgan fingerprint density at radius 2 is 2.40 bits per heavy atom. The van der Waals surface area contributed by atoms with Gasteiger partial charge in [0.05, 0.1) is 0 Å².